The van der Waals surface area contributed by atoms with Crippen molar-refractivity contribution in [2.75, 3.05) is 7.11 Å². The van der Waals surface area contributed by atoms with Gasteiger partial charge in [-0.05, 0) is 54.9 Å². The van der Waals surface area contributed by atoms with Crippen LogP contribution in [0.5, 0.6) is 11.5 Å². The lowest BCUT2D eigenvalue weighted by Gasteiger charge is -2.27. The molecule has 0 saturated heterocycles. The second-order valence-electron chi connectivity index (χ2n) is 9.04. The van der Waals surface area contributed by atoms with E-state index < -0.39 is 0 Å². The molecule has 32 heavy (non-hydrogen) atoms. The lowest BCUT2D eigenvalue weighted by Crippen LogP contribution is -2.32. The molecule has 1 aliphatic carbocycles. The number of hydrogen-bond donors (Lipinski definition) is 1. The summed E-state index contributed by atoms with van der Waals surface area (Å²) in [5.41, 5.74) is 2.13. The number of benzene rings is 2. The van der Waals surface area contributed by atoms with E-state index in [1.54, 1.807) is 7.11 Å². The number of amides is 1. The Morgan fingerprint density at radius 2 is 1.72 bits per heavy atom. The molecule has 0 bridgehead atoms. The third-order valence-corrected chi connectivity index (χ3v) is 6.62. The Hall–Kier alpha value is -2.49. The molecule has 1 fully saturated rings. The summed E-state index contributed by atoms with van der Waals surface area (Å²) in [4.78, 5) is 12.7. The number of hydrogen-bond acceptors (Lipinski definition) is 3. The molecule has 0 atom stereocenters. The van der Waals surface area contributed by atoms with E-state index in [9.17, 15) is 4.79 Å². The normalized spacial score (nSPS) is 18.2. The largest absolute Gasteiger partial charge is 0.493 e. The van der Waals surface area contributed by atoms with E-state index in [0.29, 0.717) is 24.7 Å². The van der Waals surface area contributed by atoms with Gasteiger partial charge in [0.15, 0.2) is 11.5 Å². The third-order valence-electron chi connectivity index (χ3n) is 6.62. The molecule has 0 aliphatic heterocycles. The van der Waals surface area contributed by atoms with Crippen molar-refractivity contribution in [1.29, 1.82) is 0 Å². The average Bonchev–Trinajstić information content (AvgIpc) is 2.85. The quantitative estimate of drug-likeness (QED) is 0.377. The minimum atomic E-state index is 0.164. The van der Waals surface area contributed by atoms with E-state index in [2.05, 4.69) is 12.2 Å². The zero-order chi connectivity index (χ0) is 22.6. The van der Waals surface area contributed by atoms with E-state index in [-0.39, 0.29) is 11.8 Å². The van der Waals surface area contributed by atoms with Crippen molar-refractivity contribution in [2.24, 2.45) is 11.8 Å². The molecule has 0 aromatic heterocycles. The molecule has 2 aromatic carbocycles. The van der Waals surface area contributed by atoms with Crippen LogP contribution in [0.15, 0.2) is 48.5 Å². The van der Waals surface area contributed by atoms with Crippen LogP contribution in [0.3, 0.4) is 0 Å². The molecule has 1 saturated carbocycles. The Bertz CT molecular complexity index is 813. The molecule has 0 radical (unpaired) electrons. The van der Waals surface area contributed by atoms with Crippen molar-refractivity contribution in [3.8, 4) is 11.5 Å². The lowest BCUT2D eigenvalue weighted by atomic mass is 9.79. The van der Waals surface area contributed by atoms with E-state index in [1.807, 2.05) is 48.5 Å². The van der Waals surface area contributed by atoms with Crippen LogP contribution >= 0.6 is 0 Å². The predicted octanol–water partition coefficient (Wildman–Crippen LogP) is 6.67. The Morgan fingerprint density at radius 3 is 2.44 bits per heavy atom. The maximum absolute atomic E-state index is 12.7. The summed E-state index contributed by atoms with van der Waals surface area (Å²) < 4.78 is 11.4. The SMILES string of the molecule is CCCCCCC1CCC(C(=O)NCc2ccc(OCc3ccccc3)c(OC)c2)CC1. The van der Waals surface area contributed by atoms with Gasteiger partial charge in [-0.1, -0.05) is 75.4 Å². The first-order valence-corrected chi connectivity index (χ1v) is 12.3. The number of rotatable bonds is 12. The van der Waals surface area contributed by atoms with Crippen LogP contribution in [-0.2, 0) is 17.9 Å². The van der Waals surface area contributed by atoms with Crippen LogP contribution in [0.2, 0.25) is 0 Å². The van der Waals surface area contributed by atoms with E-state index in [0.717, 1.165) is 29.9 Å². The minimum absolute atomic E-state index is 0.164. The zero-order valence-corrected chi connectivity index (χ0v) is 19.8. The first-order chi connectivity index (χ1) is 15.7. The number of carbonyl (C=O) groups is 1. The number of nitrogens with one attached hydrogen (secondary N) is 1. The third kappa shape index (κ3) is 7.58. The number of carbonyl (C=O) groups excluding carboxylic acids is 1. The van der Waals surface area contributed by atoms with E-state index in [4.69, 9.17) is 9.47 Å². The summed E-state index contributed by atoms with van der Waals surface area (Å²) in [6.45, 7) is 3.27. The van der Waals surface area contributed by atoms with Crippen molar-refractivity contribution in [3.05, 3.63) is 59.7 Å². The molecular weight excluding hydrogens is 398 g/mol. The van der Waals surface area contributed by atoms with Crippen LogP contribution in [-0.4, -0.2) is 13.0 Å². The van der Waals surface area contributed by atoms with Crippen molar-refractivity contribution in [1.82, 2.24) is 5.32 Å². The van der Waals surface area contributed by atoms with Crippen LogP contribution in [0.4, 0.5) is 0 Å². The molecule has 1 N–H and O–H groups in total. The second-order valence-corrected chi connectivity index (χ2v) is 9.04. The summed E-state index contributed by atoms with van der Waals surface area (Å²) in [6.07, 6.45) is 11.1. The highest BCUT2D eigenvalue weighted by Crippen LogP contribution is 2.32. The highest BCUT2D eigenvalue weighted by molar-refractivity contribution is 5.78. The molecule has 4 nitrogen and oxygen atoms in total. The molecule has 1 amide bonds. The maximum Gasteiger partial charge on any atom is 0.223 e. The number of methoxy groups -OCH3 is 1. The smallest absolute Gasteiger partial charge is 0.223 e. The van der Waals surface area contributed by atoms with Gasteiger partial charge in [-0.15, -0.1) is 0 Å². The van der Waals surface area contributed by atoms with Gasteiger partial charge in [0.25, 0.3) is 0 Å². The maximum atomic E-state index is 12.7. The van der Waals surface area contributed by atoms with Gasteiger partial charge in [-0.2, -0.15) is 0 Å². The summed E-state index contributed by atoms with van der Waals surface area (Å²) in [6, 6.07) is 15.9. The van der Waals surface area contributed by atoms with Gasteiger partial charge in [0.1, 0.15) is 6.61 Å². The Balaban J connectivity index is 1.42. The first kappa shape index (κ1) is 24.2. The fourth-order valence-electron chi connectivity index (χ4n) is 4.58. The van der Waals surface area contributed by atoms with Gasteiger partial charge in [0, 0.05) is 12.5 Å². The van der Waals surface area contributed by atoms with Crippen molar-refractivity contribution in [3.63, 3.8) is 0 Å². The first-order valence-electron chi connectivity index (χ1n) is 12.3. The Labute approximate surface area is 193 Å². The highest BCUT2D eigenvalue weighted by Gasteiger charge is 2.25. The van der Waals surface area contributed by atoms with Gasteiger partial charge in [0.2, 0.25) is 5.91 Å². The van der Waals surface area contributed by atoms with Crippen LogP contribution in [0.1, 0.15) is 75.8 Å². The second kappa shape index (κ2) is 13.1. The molecule has 0 spiro atoms. The topological polar surface area (TPSA) is 47.6 Å². The fraction of sp³-hybridized carbons (Fsp3) is 0.536. The molecule has 2 aromatic rings. The van der Waals surface area contributed by atoms with Crippen molar-refractivity contribution in [2.45, 2.75) is 77.9 Å². The van der Waals surface area contributed by atoms with Crippen LogP contribution in [0, 0.1) is 11.8 Å². The molecule has 1 aliphatic rings. The Morgan fingerprint density at radius 1 is 0.938 bits per heavy atom. The van der Waals surface area contributed by atoms with Crippen molar-refractivity contribution < 1.29 is 14.3 Å². The fourth-order valence-corrected chi connectivity index (χ4v) is 4.58. The van der Waals surface area contributed by atoms with Gasteiger partial charge >= 0.3 is 0 Å². The molecular formula is C28H39NO3. The van der Waals surface area contributed by atoms with E-state index >= 15 is 0 Å². The standard InChI is InChI=1S/C28H39NO3/c1-3-4-5-7-10-22-13-16-25(17-14-22)28(30)29-20-24-15-18-26(27(19-24)31-2)32-21-23-11-8-6-9-12-23/h6,8-9,11-12,15,18-19,22,25H,3-5,7,10,13-14,16-17,20-21H2,1-2H3,(H,29,30). The minimum Gasteiger partial charge on any atom is -0.493 e. The summed E-state index contributed by atoms with van der Waals surface area (Å²) in [5.74, 6) is 2.58. The predicted molar refractivity (Wildman–Crippen MR) is 130 cm³/mol. The molecule has 3 rings (SSSR count). The molecule has 4 heteroatoms. The average molecular weight is 438 g/mol. The number of unbranched alkanes of at least 4 members (excludes halogenated alkanes) is 3. The monoisotopic (exact) mass is 437 g/mol. The Kier molecular flexibility index (Phi) is 9.93. The summed E-state index contributed by atoms with van der Waals surface area (Å²) >= 11 is 0. The highest BCUT2D eigenvalue weighted by atomic mass is 16.5. The van der Waals surface area contributed by atoms with Crippen LogP contribution in [0.25, 0.3) is 0 Å². The van der Waals surface area contributed by atoms with Gasteiger partial charge in [-0.3, -0.25) is 4.79 Å². The van der Waals surface area contributed by atoms with E-state index in [1.165, 1.54) is 44.9 Å². The molecule has 174 valence electrons. The summed E-state index contributed by atoms with van der Waals surface area (Å²) in [5, 5.41) is 3.14. The van der Waals surface area contributed by atoms with Gasteiger partial charge in [-0.25, -0.2) is 0 Å². The zero-order valence-electron chi connectivity index (χ0n) is 19.8. The molecule has 0 unspecified atom stereocenters. The lowest BCUT2D eigenvalue weighted by molar-refractivity contribution is -0.126. The van der Waals surface area contributed by atoms with Gasteiger partial charge in [0.05, 0.1) is 7.11 Å². The van der Waals surface area contributed by atoms with Crippen molar-refractivity contribution >= 4 is 5.91 Å². The summed E-state index contributed by atoms with van der Waals surface area (Å²) in [7, 11) is 1.65. The molecule has 0 heterocycles. The van der Waals surface area contributed by atoms with Gasteiger partial charge < -0.3 is 14.8 Å². The van der Waals surface area contributed by atoms with Crippen LogP contribution < -0.4 is 14.8 Å². The number of ether oxygens (including phenoxy) is 2.